The molecule has 0 N–H and O–H groups in total. The summed E-state index contributed by atoms with van der Waals surface area (Å²) >= 11 is 0. The van der Waals surface area contributed by atoms with Gasteiger partial charge in [-0.3, -0.25) is 4.79 Å². The molecule has 1 aliphatic rings. The number of hydrogen-bond acceptors (Lipinski definition) is 4. The second kappa shape index (κ2) is 8.03. The van der Waals surface area contributed by atoms with Crippen molar-refractivity contribution in [3.8, 4) is 0 Å². The van der Waals surface area contributed by atoms with Crippen molar-refractivity contribution in [2.45, 2.75) is 60.0 Å². The quantitative estimate of drug-likeness (QED) is 0.709. The van der Waals surface area contributed by atoms with Crippen LogP contribution in [0.1, 0.15) is 62.9 Å². The number of rotatable bonds is 6. The fourth-order valence-electron chi connectivity index (χ4n) is 3.56. The first-order valence-corrected chi connectivity index (χ1v) is 9.22. The predicted molar refractivity (Wildman–Crippen MR) is 97.3 cm³/mol. The topological polar surface area (TPSA) is 52.6 Å². The maximum absolute atomic E-state index is 12.9. The maximum atomic E-state index is 12.9. The van der Waals surface area contributed by atoms with Crippen molar-refractivity contribution in [1.29, 1.82) is 0 Å². The van der Waals surface area contributed by atoms with Crippen LogP contribution in [0.2, 0.25) is 0 Å². The third kappa shape index (κ3) is 4.23. The van der Waals surface area contributed by atoms with Gasteiger partial charge in [0.25, 0.3) is 0 Å². The lowest BCUT2D eigenvalue weighted by Crippen LogP contribution is -2.46. The molecule has 4 nitrogen and oxygen atoms in total. The van der Waals surface area contributed by atoms with E-state index in [1.54, 1.807) is 12.1 Å². The molecule has 2 unspecified atom stereocenters. The van der Waals surface area contributed by atoms with E-state index in [9.17, 15) is 9.59 Å². The lowest BCUT2D eigenvalue weighted by atomic mass is 9.74. The van der Waals surface area contributed by atoms with Gasteiger partial charge in [0, 0.05) is 0 Å². The summed E-state index contributed by atoms with van der Waals surface area (Å²) in [5, 5.41) is 0. The molecule has 0 aromatic heterocycles. The van der Waals surface area contributed by atoms with E-state index in [1.807, 2.05) is 46.8 Å². The van der Waals surface area contributed by atoms with Crippen LogP contribution in [0, 0.1) is 24.2 Å². The minimum atomic E-state index is -0.741. The molecule has 0 radical (unpaired) electrons. The third-order valence-corrected chi connectivity index (χ3v) is 5.13. The van der Waals surface area contributed by atoms with Crippen LogP contribution in [-0.4, -0.2) is 24.6 Å². The van der Waals surface area contributed by atoms with Crippen molar-refractivity contribution in [2.75, 3.05) is 6.61 Å². The number of benzene rings is 1. The first-order valence-electron chi connectivity index (χ1n) is 9.22. The molecule has 2 rings (SSSR count). The highest BCUT2D eigenvalue weighted by atomic mass is 16.6. The van der Waals surface area contributed by atoms with E-state index in [0.29, 0.717) is 25.0 Å². The molecule has 0 heterocycles. The van der Waals surface area contributed by atoms with Crippen LogP contribution >= 0.6 is 0 Å². The van der Waals surface area contributed by atoms with E-state index in [4.69, 9.17) is 9.47 Å². The van der Waals surface area contributed by atoms with Crippen LogP contribution in [0.15, 0.2) is 24.3 Å². The molecule has 1 aromatic carbocycles. The van der Waals surface area contributed by atoms with Crippen molar-refractivity contribution >= 4 is 11.9 Å². The van der Waals surface area contributed by atoms with E-state index >= 15 is 0 Å². The monoisotopic (exact) mass is 346 g/mol. The maximum Gasteiger partial charge on any atom is 0.338 e. The second-order valence-electron chi connectivity index (χ2n) is 7.84. The van der Waals surface area contributed by atoms with E-state index in [2.05, 4.69) is 0 Å². The highest BCUT2D eigenvalue weighted by molar-refractivity contribution is 5.90. The molecule has 2 atom stereocenters. The molecule has 0 bridgehead atoms. The summed E-state index contributed by atoms with van der Waals surface area (Å²) in [5.41, 5.74) is 0.867. The second-order valence-corrected chi connectivity index (χ2v) is 7.84. The Labute approximate surface area is 150 Å². The zero-order valence-electron chi connectivity index (χ0n) is 16.0. The Morgan fingerprint density at radius 1 is 1.16 bits per heavy atom. The molecule has 0 saturated heterocycles. The molecule has 1 saturated carbocycles. The molecule has 4 heteroatoms. The SMILES string of the molecule is Cc1ccc(C(=O)OC2CCCC2(C(=O)OCC(C)C)C(C)C)cc1. The van der Waals surface area contributed by atoms with Crippen LogP contribution < -0.4 is 0 Å². The van der Waals surface area contributed by atoms with Crippen molar-refractivity contribution in [1.82, 2.24) is 0 Å². The fraction of sp³-hybridized carbons (Fsp3) is 0.619. The number of hydrogen-bond donors (Lipinski definition) is 0. The molecule has 1 aromatic rings. The molecule has 0 aliphatic heterocycles. The number of ether oxygens (including phenoxy) is 2. The number of aryl methyl sites for hydroxylation is 1. The molecule has 138 valence electrons. The van der Waals surface area contributed by atoms with Gasteiger partial charge in [-0.25, -0.2) is 4.79 Å². The summed E-state index contributed by atoms with van der Waals surface area (Å²) in [5.74, 6) is -0.266. The number of carbonyl (C=O) groups is 2. The Kier molecular flexibility index (Phi) is 6.26. The van der Waals surface area contributed by atoms with Gasteiger partial charge in [-0.2, -0.15) is 0 Å². The molecule has 1 fully saturated rings. The standard InChI is InChI=1S/C21H30O4/c1-14(2)13-24-20(23)21(15(3)4)12-6-7-18(21)25-19(22)17-10-8-16(5)9-11-17/h8-11,14-15,18H,6-7,12-13H2,1-5H3. The Morgan fingerprint density at radius 3 is 2.36 bits per heavy atom. The molecule has 0 amide bonds. The van der Waals surface area contributed by atoms with Gasteiger partial charge in [0.15, 0.2) is 0 Å². The molecule has 0 spiro atoms. The van der Waals surface area contributed by atoms with Crippen molar-refractivity contribution in [3.05, 3.63) is 35.4 Å². The van der Waals surface area contributed by atoms with Gasteiger partial charge >= 0.3 is 11.9 Å². The normalized spacial score (nSPS) is 23.1. The van der Waals surface area contributed by atoms with Crippen molar-refractivity contribution in [3.63, 3.8) is 0 Å². The summed E-state index contributed by atoms with van der Waals surface area (Å²) < 4.78 is 11.4. The van der Waals surface area contributed by atoms with Crippen molar-refractivity contribution < 1.29 is 19.1 Å². The van der Waals surface area contributed by atoms with Gasteiger partial charge in [0.05, 0.1) is 12.2 Å². The summed E-state index contributed by atoms with van der Waals surface area (Å²) in [4.78, 5) is 25.4. The average molecular weight is 346 g/mol. The average Bonchev–Trinajstić information content (AvgIpc) is 2.97. The van der Waals surface area contributed by atoms with Gasteiger partial charge in [-0.15, -0.1) is 0 Å². The molecule has 25 heavy (non-hydrogen) atoms. The zero-order valence-corrected chi connectivity index (χ0v) is 16.0. The number of esters is 2. The Hall–Kier alpha value is -1.84. The van der Waals surface area contributed by atoms with Crippen LogP contribution in [0.25, 0.3) is 0 Å². The summed E-state index contributed by atoms with van der Waals surface area (Å²) in [6, 6.07) is 7.30. The third-order valence-electron chi connectivity index (χ3n) is 5.13. The van der Waals surface area contributed by atoms with Gasteiger partial charge in [0.1, 0.15) is 11.5 Å². The van der Waals surface area contributed by atoms with Gasteiger partial charge < -0.3 is 9.47 Å². The lowest BCUT2D eigenvalue weighted by molar-refractivity contribution is -0.167. The summed E-state index contributed by atoms with van der Waals surface area (Å²) in [7, 11) is 0. The van der Waals surface area contributed by atoms with E-state index in [1.165, 1.54) is 0 Å². The van der Waals surface area contributed by atoms with Gasteiger partial charge in [-0.1, -0.05) is 45.4 Å². The van der Waals surface area contributed by atoms with Crippen LogP contribution in [-0.2, 0) is 14.3 Å². The molecule has 1 aliphatic carbocycles. The van der Waals surface area contributed by atoms with E-state index in [0.717, 1.165) is 12.0 Å². The minimum absolute atomic E-state index is 0.0467. The lowest BCUT2D eigenvalue weighted by Gasteiger charge is -2.36. The van der Waals surface area contributed by atoms with E-state index in [-0.39, 0.29) is 23.8 Å². The van der Waals surface area contributed by atoms with Crippen LogP contribution in [0.5, 0.6) is 0 Å². The molecular weight excluding hydrogens is 316 g/mol. The Balaban J connectivity index is 2.18. The van der Waals surface area contributed by atoms with Crippen LogP contribution in [0.4, 0.5) is 0 Å². The zero-order chi connectivity index (χ0) is 18.6. The minimum Gasteiger partial charge on any atom is -0.465 e. The summed E-state index contributed by atoms with van der Waals surface area (Å²) in [6.07, 6.45) is 1.84. The highest BCUT2D eigenvalue weighted by Crippen LogP contribution is 2.47. The largest absolute Gasteiger partial charge is 0.465 e. The summed E-state index contributed by atoms with van der Waals surface area (Å²) in [6.45, 7) is 10.4. The Morgan fingerprint density at radius 2 is 1.80 bits per heavy atom. The first kappa shape index (κ1) is 19.5. The predicted octanol–water partition coefficient (Wildman–Crippen LogP) is 4.55. The van der Waals surface area contributed by atoms with Gasteiger partial charge in [-0.05, 0) is 50.2 Å². The molecular formula is C21H30O4. The first-order chi connectivity index (χ1) is 11.8. The Bertz CT molecular complexity index is 603. The smallest absolute Gasteiger partial charge is 0.338 e. The number of carbonyl (C=O) groups excluding carboxylic acids is 2. The highest BCUT2D eigenvalue weighted by Gasteiger charge is 2.54. The van der Waals surface area contributed by atoms with Crippen molar-refractivity contribution in [2.24, 2.45) is 17.3 Å². The van der Waals surface area contributed by atoms with Gasteiger partial charge in [0.2, 0.25) is 0 Å². The fourth-order valence-corrected chi connectivity index (χ4v) is 3.56. The van der Waals surface area contributed by atoms with E-state index < -0.39 is 11.5 Å². The van der Waals surface area contributed by atoms with Crippen LogP contribution in [0.3, 0.4) is 0 Å².